The molecule has 2 fully saturated rings. The van der Waals surface area contributed by atoms with Gasteiger partial charge in [0.2, 0.25) is 0 Å². The van der Waals surface area contributed by atoms with Crippen molar-refractivity contribution >= 4 is 5.69 Å². The van der Waals surface area contributed by atoms with Crippen LogP contribution >= 0.6 is 0 Å². The molecule has 3 nitrogen and oxygen atoms in total. The number of fused-ring (bicyclic) bond motifs is 1. The van der Waals surface area contributed by atoms with Gasteiger partial charge in [0, 0.05) is 25.2 Å². The fourth-order valence-electron chi connectivity index (χ4n) is 3.25. The SMILES string of the molecule is COc1ccccc1N1CCN[C@H]2CCC[C@@H]21. The van der Waals surface area contributed by atoms with E-state index in [1.54, 1.807) is 7.11 Å². The highest BCUT2D eigenvalue weighted by atomic mass is 16.5. The number of piperazine rings is 1. The molecule has 1 aromatic carbocycles. The Morgan fingerprint density at radius 3 is 3.06 bits per heavy atom. The normalized spacial score (nSPS) is 27.9. The molecule has 0 spiro atoms. The van der Waals surface area contributed by atoms with E-state index in [-0.39, 0.29) is 0 Å². The molecule has 1 heterocycles. The standard InChI is InChI=1S/C14H20N2O/c1-17-14-8-3-2-6-13(14)16-10-9-15-11-5-4-7-12(11)16/h2-3,6,8,11-12,15H,4-5,7,9-10H2,1H3/t11-,12-/m0/s1. The maximum absolute atomic E-state index is 5.48. The van der Waals surface area contributed by atoms with E-state index in [1.165, 1.54) is 24.9 Å². The molecule has 92 valence electrons. The summed E-state index contributed by atoms with van der Waals surface area (Å²) in [5, 5.41) is 3.64. The predicted molar refractivity (Wildman–Crippen MR) is 69.8 cm³/mol. The molecule has 0 aromatic heterocycles. The van der Waals surface area contributed by atoms with Crippen LogP contribution in [0.25, 0.3) is 0 Å². The topological polar surface area (TPSA) is 24.5 Å². The lowest BCUT2D eigenvalue weighted by Crippen LogP contribution is -2.55. The number of nitrogens with one attached hydrogen (secondary N) is 1. The molecule has 0 unspecified atom stereocenters. The van der Waals surface area contributed by atoms with Crippen LogP contribution in [0.1, 0.15) is 19.3 Å². The van der Waals surface area contributed by atoms with Crippen LogP contribution in [-0.4, -0.2) is 32.3 Å². The largest absolute Gasteiger partial charge is 0.495 e. The Labute approximate surface area is 103 Å². The number of rotatable bonds is 2. The summed E-state index contributed by atoms with van der Waals surface area (Å²) in [6.07, 6.45) is 3.96. The van der Waals surface area contributed by atoms with Gasteiger partial charge >= 0.3 is 0 Å². The van der Waals surface area contributed by atoms with E-state index in [1.807, 2.05) is 6.07 Å². The van der Waals surface area contributed by atoms with Gasteiger partial charge in [0.05, 0.1) is 12.8 Å². The molecule has 1 aliphatic carbocycles. The van der Waals surface area contributed by atoms with Crippen molar-refractivity contribution in [3.63, 3.8) is 0 Å². The Morgan fingerprint density at radius 2 is 2.18 bits per heavy atom. The van der Waals surface area contributed by atoms with Crippen molar-refractivity contribution in [1.29, 1.82) is 0 Å². The number of ether oxygens (including phenoxy) is 1. The van der Waals surface area contributed by atoms with Crippen molar-refractivity contribution in [3.05, 3.63) is 24.3 Å². The van der Waals surface area contributed by atoms with Gasteiger partial charge < -0.3 is 15.0 Å². The van der Waals surface area contributed by atoms with Crippen LogP contribution < -0.4 is 15.0 Å². The van der Waals surface area contributed by atoms with Crippen LogP contribution in [0.5, 0.6) is 5.75 Å². The summed E-state index contributed by atoms with van der Waals surface area (Å²) in [7, 11) is 1.76. The zero-order valence-corrected chi connectivity index (χ0v) is 10.4. The molecule has 1 aromatic rings. The summed E-state index contributed by atoms with van der Waals surface area (Å²) in [4.78, 5) is 2.53. The number of methoxy groups -OCH3 is 1. The molecular weight excluding hydrogens is 212 g/mol. The van der Waals surface area contributed by atoms with Gasteiger partial charge in [-0.05, 0) is 31.4 Å². The lowest BCUT2D eigenvalue weighted by atomic mass is 10.1. The Balaban J connectivity index is 1.91. The number of para-hydroxylation sites is 2. The van der Waals surface area contributed by atoms with Crippen molar-refractivity contribution in [2.75, 3.05) is 25.1 Å². The molecule has 0 amide bonds. The van der Waals surface area contributed by atoms with E-state index >= 15 is 0 Å². The van der Waals surface area contributed by atoms with Crippen LogP contribution in [0, 0.1) is 0 Å². The van der Waals surface area contributed by atoms with Gasteiger partial charge in [-0.3, -0.25) is 0 Å². The molecule has 1 aliphatic heterocycles. The van der Waals surface area contributed by atoms with Gasteiger partial charge in [0.25, 0.3) is 0 Å². The first-order valence-corrected chi connectivity index (χ1v) is 6.53. The van der Waals surface area contributed by atoms with Gasteiger partial charge in [-0.15, -0.1) is 0 Å². The number of hydrogen-bond donors (Lipinski definition) is 1. The molecule has 2 atom stereocenters. The lowest BCUT2D eigenvalue weighted by Gasteiger charge is -2.40. The highest BCUT2D eigenvalue weighted by Crippen LogP contribution is 2.35. The summed E-state index contributed by atoms with van der Waals surface area (Å²) in [6, 6.07) is 9.70. The smallest absolute Gasteiger partial charge is 0.142 e. The highest BCUT2D eigenvalue weighted by molar-refractivity contribution is 5.59. The predicted octanol–water partition coefficient (Wildman–Crippen LogP) is 2.03. The van der Waals surface area contributed by atoms with Crippen molar-refractivity contribution in [3.8, 4) is 5.75 Å². The van der Waals surface area contributed by atoms with E-state index < -0.39 is 0 Å². The van der Waals surface area contributed by atoms with Gasteiger partial charge in [-0.2, -0.15) is 0 Å². The highest BCUT2D eigenvalue weighted by Gasteiger charge is 2.35. The zero-order valence-electron chi connectivity index (χ0n) is 10.4. The number of benzene rings is 1. The monoisotopic (exact) mass is 232 g/mol. The second-order valence-electron chi connectivity index (χ2n) is 4.92. The minimum absolute atomic E-state index is 0.653. The van der Waals surface area contributed by atoms with Crippen molar-refractivity contribution in [2.45, 2.75) is 31.3 Å². The van der Waals surface area contributed by atoms with Gasteiger partial charge in [-0.25, -0.2) is 0 Å². The Hall–Kier alpha value is -1.22. The number of nitrogens with zero attached hydrogens (tertiary/aromatic N) is 1. The molecule has 1 saturated carbocycles. The van der Waals surface area contributed by atoms with E-state index in [9.17, 15) is 0 Å². The minimum Gasteiger partial charge on any atom is -0.495 e. The fraction of sp³-hybridized carbons (Fsp3) is 0.571. The maximum Gasteiger partial charge on any atom is 0.142 e. The van der Waals surface area contributed by atoms with Crippen LogP contribution in [0.2, 0.25) is 0 Å². The summed E-state index contributed by atoms with van der Waals surface area (Å²) < 4.78 is 5.48. The summed E-state index contributed by atoms with van der Waals surface area (Å²) in [6.45, 7) is 2.17. The first-order chi connectivity index (χ1) is 8.40. The molecule has 1 N–H and O–H groups in total. The summed E-state index contributed by atoms with van der Waals surface area (Å²) in [5.74, 6) is 1.00. The second-order valence-corrected chi connectivity index (χ2v) is 4.92. The second kappa shape index (κ2) is 4.57. The Kier molecular flexibility index (Phi) is 2.93. The van der Waals surface area contributed by atoms with Crippen molar-refractivity contribution < 1.29 is 4.74 Å². The quantitative estimate of drug-likeness (QED) is 0.844. The van der Waals surface area contributed by atoms with E-state index in [0.717, 1.165) is 18.8 Å². The first-order valence-electron chi connectivity index (χ1n) is 6.53. The zero-order chi connectivity index (χ0) is 11.7. The summed E-state index contributed by atoms with van der Waals surface area (Å²) in [5.41, 5.74) is 1.26. The number of anilines is 1. The van der Waals surface area contributed by atoms with Crippen molar-refractivity contribution in [2.24, 2.45) is 0 Å². The molecule has 3 rings (SSSR count). The third kappa shape index (κ3) is 1.89. The summed E-state index contributed by atoms with van der Waals surface area (Å²) >= 11 is 0. The Morgan fingerprint density at radius 1 is 1.29 bits per heavy atom. The maximum atomic E-state index is 5.48. The molecule has 2 aliphatic rings. The van der Waals surface area contributed by atoms with Crippen LogP contribution in [-0.2, 0) is 0 Å². The van der Waals surface area contributed by atoms with Crippen LogP contribution in [0.3, 0.4) is 0 Å². The van der Waals surface area contributed by atoms with Crippen LogP contribution in [0.15, 0.2) is 24.3 Å². The molecule has 0 radical (unpaired) electrons. The Bertz CT molecular complexity index is 394. The molecule has 1 saturated heterocycles. The minimum atomic E-state index is 0.653. The molecule has 0 bridgehead atoms. The van der Waals surface area contributed by atoms with E-state index in [2.05, 4.69) is 28.4 Å². The average Bonchev–Trinajstić information content (AvgIpc) is 2.86. The molecular formula is C14H20N2O. The van der Waals surface area contributed by atoms with E-state index in [4.69, 9.17) is 4.74 Å². The van der Waals surface area contributed by atoms with Crippen molar-refractivity contribution in [1.82, 2.24) is 5.32 Å². The van der Waals surface area contributed by atoms with E-state index in [0.29, 0.717) is 12.1 Å². The third-order valence-corrected chi connectivity index (χ3v) is 4.03. The third-order valence-electron chi connectivity index (χ3n) is 4.03. The molecule has 17 heavy (non-hydrogen) atoms. The fourth-order valence-corrected chi connectivity index (χ4v) is 3.25. The lowest BCUT2D eigenvalue weighted by molar-refractivity contribution is 0.386. The van der Waals surface area contributed by atoms with Gasteiger partial charge in [0.15, 0.2) is 0 Å². The van der Waals surface area contributed by atoms with Gasteiger partial charge in [-0.1, -0.05) is 12.1 Å². The van der Waals surface area contributed by atoms with Crippen LogP contribution in [0.4, 0.5) is 5.69 Å². The average molecular weight is 232 g/mol. The molecule has 3 heteroatoms. The number of hydrogen-bond acceptors (Lipinski definition) is 3. The first kappa shape index (κ1) is 10.9. The van der Waals surface area contributed by atoms with Gasteiger partial charge in [0.1, 0.15) is 5.75 Å².